The number of hydrogen-bond acceptors (Lipinski definition) is 7. The van der Waals surface area contributed by atoms with Crippen molar-refractivity contribution >= 4 is 35.4 Å². The van der Waals surface area contributed by atoms with Crippen molar-refractivity contribution in [2.75, 3.05) is 11.5 Å². The maximum Gasteiger partial charge on any atom is 0.408 e. The summed E-state index contributed by atoms with van der Waals surface area (Å²) in [7, 11) is 0. The normalized spacial score (nSPS) is 23.8. The number of ketones is 2. The molecule has 2 fully saturated rings. The van der Waals surface area contributed by atoms with E-state index in [0.717, 1.165) is 17.1 Å². The Morgan fingerprint density at radius 1 is 1.09 bits per heavy atom. The monoisotopic (exact) mass is 489 g/mol. The van der Waals surface area contributed by atoms with Crippen molar-refractivity contribution in [3.8, 4) is 0 Å². The number of Topliss-reactive ketones (excluding diaryl/α,β-unsaturated/α-hetero) is 2. The van der Waals surface area contributed by atoms with E-state index in [9.17, 15) is 19.2 Å². The lowest BCUT2D eigenvalue weighted by atomic mass is 9.79. The highest BCUT2D eigenvalue weighted by Gasteiger charge is 2.47. The lowest BCUT2D eigenvalue weighted by Gasteiger charge is -2.27. The van der Waals surface area contributed by atoms with E-state index in [-0.39, 0.29) is 18.0 Å². The van der Waals surface area contributed by atoms with Gasteiger partial charge in [0.15, 0.2) is 0 Å². The highest BCUT2D eigenvalue weighted by molar-refractivity contribution is 7.99. The Morgan fingerprint density at radius 2 is 1.71 bits per heavy atom. The summed E-state index contributed by atoms with van der Waals surface area (Å²) in [4.78, 5) is 51.4. The first-order valence-electron chi connectivity index (χ1n) is 12.0. The van der Waals surface area contributed by atoms with Crippen LogP contribution in [0.25, 0.3) is 0 Å². The number of amides is 1. The van der Waals surface area contributed by atoms with Gasteiger partial charge in [-0.25, -0.2) is 4.79 Å². The molecule has 1 aromatic carbocycles. The van der Waals surface area contributed by atoms with Gasteiger partial charge in [0.25, 0.3) is 0 Å². The Balaban J connectivity index is 1.78. The highest BCUT2D eigenvalue weighted by atomic mass is 32.2. The molecule has 0 aromatic heterocycles. The Labute approximate surface area is 205 Å². The zero-order valence-corrected chi connectivity index (χ0v) is 21.0. The van der Waals surface area contributed by atoms with Crippen LogP contribution in [-0.2, 0) is 30.3 Å². The second-order valence-electron chi connectivity index (χ2n) is 9.99. The molecule has 0 spiro atoms. The van der Waals surface area contributed by atoms with Gasteiger partial charge < -0.3 is 14.8 Å². The minimum Gasteiger partial charge on any atom is -0.460 e. The van der Waals surface area contributed by atoms with Gasteiger partial charge in [0.1, 0.15) is 23.3 Å². The van der Waals surface area contributed by atoms with Gasteiger partial charge in [-0.1, -0.05) is 30.3 Å². The highest BCUT2D eigenvalue weighted by Crippen LogP contribution is 2.34. The molecule has 0 aliphatic carbocycles. The van der Waals surface area contributed by atoms with Crippen molar-refractivity contribution in [1.29, 1.82) is 0 Å². The summed E-state index contributed by atoms with van der Waals surface area (Å²) < 4.78 is 11.1. The first-order chi connectivity index (χ1) is 16.1. The Morgan fingerprint density at radius 3 is 2.29 bits per heavy atom. The number of rotatable bonds is 5. The molecule has 7 nitrogen and oxygen atoms in total. The standard InChI is InChI=1S/C26H35NO6S/c1-26(2,3)33-25(31)27-19(15-17-9-5-4-6-10-17)22-16-18(24(30)32-22)23-20(28)11-7-13-34-14-8-12-21(23)29/h4-6,9-10,18-19,22-23H,7-8,11-16H2,1-3H3,(H,27,31)/t18-,19-,22-/m0/s1. The van der Waals surface area contributed by atoms with Crippen LogP contribution in [0.15, 0.2) is 30.3 Å². The molecule has 2 aliphatic heterocycles. The zero-order chi connectivity index (χ0) is 24.7. The Bertz CT molecular complexity index is 861. The van der Waals surface area contributed by atoms with E-state index in [4.69, 9.17) is 9.47 Å². The van der Waals surface area contributed by atoms with E-state index in [1.807, 2.05) is 30.3 Å². The molecule has 0 saturated carbocycles. The Kier molecular flexibility index (Phi) is 9.17. The molecule has 3 rings (SSSR count). The summed E-state index contributed by atoms with van der Waals surface area (Å²) in [6.45, 7) is 5.33. The predicted molar refractivity (Wildman–Crippen MR) is 131 cm³/mol. The number of alkyl carbamates (subject to hydrolysis) is 1. The van der Waals surface area contributed by atoms with Crippen molar-refractivity contribution in [1.82, 2.24) is 5.32 Å². The second kappa shape index (κ2) is 11.9. The summed E-state index contributed by atoms with van der Waals surface area (Å²) in [6, 6.07) is 9.03. The number of hydrogen-bond donors (Lipinski definition) is 1. The fourth-order valence-electron chi connectivity index (χ4n) is 4.49. The molecule has 2 saturated heterocycles. The predicted octanol–water partition coefficient (Wildman–Crippen LogP) is 4.12. The van der Waals surface area contributed by atoms with E-state index in [1.165, 1.54) is 0 Å². The van der Waals surface area contributed by atoms with Crippen LogP contribution < -0.4 is 5.32 Å². The molecule has 2 aliphatic rings. The van der Waals surface area contributed by atoms with Gasteiger partial charge in [-0.3, -0.25) is 14.4 Å². The molecule has 34 heavy (non-hydrogen) atoms. The summed E-state index contributed by atoms with van der Waals surface area (Å²) in [5.74, 6) is -0.890. The van der Waals surface area contributed by atoms with E-state index in [1.54, 1.807) is 32.5 Å². The topological polar surface area (TPSA) is 98.8 Å². The van der Waals surface area contributed by atoms with Crippen molar-refractivity contribution in [2.45, 2.75) is 77.0 Å². The lowest BCUT2D eigenvalue weighted by molar-refractivity contribution is -0.150. The summed E-state index contributed by atoms with van der Waals surface area (Å²) >= 11 is 1.76. The van der Waals surface area contributed by atoms with Gasteiger partial charge in [0.2, 0.25) is 0 Å². The molecule has 0 bridgehead atoms. The number of esters is 1. The zero-order valence-electron chi connectivity index (χ0n) is 20.2. The first kappa shape index (κ1) is 26.3. The number of carbonyl (C=O) groups is 4. The first-order valence-corrected chi connectivity index (χ1v) is 13.2. The number of nitrogens with one attached hydrogen (secondary N) is 1. The smallest absolute Gasteiger partial charge is 0.408 e. The number of benzene rings is 1. The average molecular weight is 490 g/mol. The van der Waals surface area contributed by atoms with Crippen LogP contribution in [0.3, 0.4) is 0 Å². The van der Waals surface area contributed by atoms with E-state index in [0.29, 0.717) is 32.1 Å². The van der Waals surface area contributed by atoms with Crippen LogP contribution in [0.4, 0.5) is 4.79 Å². The summed E-state index contributed by atoms with van der Waals surface area (Å²) in [5.41, 5.74) is 0.287. The van der Waals surface area contributed by atoms with Gasteiger partial charge in [0.05, 0.1) is 17.9 Å². The molecule has 0 unspecified atom stereocenters. The van der Waals surface area contributed by atoms with Crippen LogP contribution in [0.1, 0.15) is 58.4 Å². The van der Waals surface area contributed by atoms with Gasteiger partial charge in [-0.2, -0.15) is 11.8 Å². The molecule has 1 aromatic rings. The van der Waals surface area contributed by atoms with Crippen LogP contribution in [-0.4, -0.2) is 52.9 Å². The second-order valence-corrected chi connectivity index (χ2v) is 11.2. The van der Waals surface area contributed by atoms with Crippen molar-refractivity contribution in [3.05, 3.63) is 35.9 Å². The van der Waals surface area contributed by atoms with E-state index < -0.39 is 41.6 Å². The third-order valence-corrected chi connectivity index (χ3v) is 7.18. The molecule has 0 radical (unpaired) electrons. The molecule has 1 N–H and O–H groups in total. The van der Waals surface area contributed by atoms with Gasteiger partial charge in [0, 0.05) is 19.3 Å². The van der Waals surface area contributed by atoms with Crippen LogP contribution >= 0.6 is 11.8 Å². The van der Waals surface area contributed by atoms with Crippen molar-refractivity contribution in [2.24, 2.45) is 11.8 Å². The van der Waals surface area contributed by atoms with E-state index in [2.05, 4.69) is 5.32 Å². The summed E-state index contributed by atoms with van der Waals surface area (Å²) in [6.07, 6.45) is 1.37. The van der Waals surface area contributed by atoms with Crippen molar-refractivity contribution in [3.63, 3.8) is 0 Å². The molecular weight excluding hydrogens is 454 g/mol. The van der Waals surface area contributed by atoms with Crippen LogP contribution in [0.5, 0.6) is 0 Å². The SMILES string of the molecule is CC(C)(C)OC(=O)N[C@@H](Cc1ccccc1)[C@@H]1C[C@@H](C2C(=O)CCCSCCCC2=O)C(=O)O1. The quantitative estimate of drug-likeness (QED) is 0.491. The fourth-order valence-corrected chi connectivity index (χ4v) is 5.39. The van der Waals surface area contributed by atoms with E-state index >= 15 is 0 Å². The largest absolute Gasteiger partial charge is 0.460 e. The fraction of sp³-hybridized carbons (Fsp3) is 0.615. The lowest BCUT2D eigenvalue weighted by Crippen LogP contribution is -2.46. The number of ether oxygens (including phenoxy) is 2. The Hall–Kier alpha value is -2.35. The van der Waals surface area contributed by atoms with Gasteiger partial charge >= 0.3 is 12.1 Å². The number of thioether (sulfide) groups is 1. The van der Waals surface area contributed by atoms with Gasteiger partial charge in [-0.05, 0) is 57.1 Å². The average Bonchev–Trinajstić information content (AvgIpc) is 3.13. The molecule has 2 heterocycles. The maximum absolute atomic E-state index is 12.9. The minimum atomic E-state index is -0.959. The molecule has 8 heteroatoms. The molecule has 186 valence electrons. The van der Waals surface area contributed by atoms with Crippen LogP contribution in [0, 0.1) is 11.8 Å². The van der Waals surface area contributed by atoms with Gasteiger partial charge in [-0.15, -0.1) is 0 Å². The molecule has 3 atom stereocenters. The maximum atomic E-state index is 12.9. The third-order valence-electron chi connectivity index (χ3n) is 6.03. The molecular formula is C26H35NO6S. The number of carbonyl (C=O) groups excluding carboxylic acids is 4. The minimum absolute atomic E-state index is 0.171. The van der Waals surface area contributed by atoms with Crippen LogP contribution in [0.2, 0.25) is 0 Å². The molecule has 1 amide bonds. The van der Waals surface area contributed by atoms with Crippen molar-refractivity contribution < 1.29 is 28.7 Å². The third kappa shape index (κ3) is 7.58. The summed E-state index contributed by atoms with van der Waals surface area (Å²) in [5, 5.41) is 2.86. The number of cyclic esters (lactones) is 1.